The van der Waals surface area contributed by atoms with Crippen molar-refractivity contribution in [2.24, 2.45) is 0 Å². The summed E-state index contributed by atoms with van der Waals surface area (Å²) < 4.78 is 11.3. The maximum atomic E-state index is 11.8. The van der Waals surface area contributed by atoms with Crippen molar-refractivity contribution in [3.05, 3.63) is 95.1 Å². The van der Waals surface area contributed by atoms with Crippen LogP contribution >= 0.6 is 0 Å². The fraction of sp³-hybridized carbons (Fsp3) is 0.333. The number of amides is 2. The molecule has 36 heavy (non-hydrogen) atoms. The lowest BCUT2D eigenvalue weighted by Crippen LogP contribution is -2.38. The van der Waals surface area contributed by atoms with Crippen LogP contribution in [0.25, 0.3) is 0 Å². The Morgan fingerprint density at radius 3 is 2.28 bits per heavy atom. The van der Waals surface area contributed by atoms with Crippen molar-refractivity contribution in [3.8, 4) is 11.5 Å². The highest BCUT2D eigenvalue weighted by Gasteiger charge is 2.33. The van der Waals surface area contributed by atoms with Crippen molar-refractivity contribution < 1.29 is 24.2 Å². The van der Waals surface area contributed by atoms with E-state index in [1.807, 2.05) is 18.2 Å². The topological polar surface area (TPSA) is 76.1 Å². The molecule has 2 aliphatic rings. The summed E-state index contributed by atoms with van der Waals surface area (Å²) in [5.41, 5.74) is 5.18. The van der Waals surface area contributed by atoms with Crippen molar-refractivity contribution in [3.63, 3.8) is 0 Å². The Labute approximate surface area is 211 Å². The number of hydrogen-bond donors (Lipinski definition) is 1. The van der Waals surface area contributed by atoms with E-state index in [1.54, 1.807) is 7.11 Å². The van der Waals surface area contributed by atoms with Crippen molar-refractivity contribution in [1.82, 2.24) is 4.90 Å². The number of ether oxygens (including phenoxy) is 2. The van der Waals surface area contributed by atoms with Crippen molar-refractivity contribution in [2.45, 2.75) is 43.6 Å². The molecule has 5 rings (SSSR count). The molecule has 1 fully saturated rings. The summed E-state index contributed by atoms with van der Waals surface area (Å²) in [4.78, 5) is 24.7. The number of aryl methyl sites for hydroxylation is 1. The van der Waals surface area contributed by atoms with Gasteiger partial charge in [-0.3, -0.25) is 14.5 Å². The minimum Gasteiger partial charge on any atom is -0.497 e. The standard InChI is InChI=1S/C30H31NO5/c1-35-25-12-14-27-22(17-25)9-13-26(20-5-3-2-4-6-20)30(27)21-7-10-24(11-8-21)36-19-23(32)18-31-28(33)15-16-29(31)34/h2-8,10-12,14,17,23,26,30,32H,9,13,15-16,18-19H2,1H3/t23?,26-,30+/m1/s1. The van der Waals surface area contributed by atoms with E-state index in [0.717, 1.165) is 23.5 Å². The highest BCUT2D eigenvalue weighted by Crippen LogP contribution is 2.47. The zero-order chi connectivity index (χ0) is 25.1. The molecule has 2 amide bonds. The Hall–Kier alpha value is -3.64. The molecular formula is C30H31NO5. The molecule has 6 nitrogen and oxygen atoms in total. The molecule has 0 radical (unpaired) electrons. The molecule has 1 unspecified atom stereocenters. The van der Waals surface area contributed by atoms with Gasteiger partial charge in [-0.15, -0.1) is 0 Å². The number of hydrogen-bond acceptors (Lipinski definition) is 5. The summed E-state index contributed by atoms with van der Waals surface area (Å²) in [6.07, 6.45) is 1.55. The molecule has 1 aliphatic carbocycles. The monoisotopic (exact) mass is 485 g/mol. The molecule has 1 saturated heterocycles. The lowest BCUT2D eigenvalue weighted by atomic mass is 9.69. The third kappa shape index (κ3) is 5.00. The van der Waals surface area contributed by atoms with Crippen LogP contribution in [-0.2, 0) is 16.0 Å². The van der Waals surface area contributed by atoms with E-state index in [0.29, 0.717) is 11.7 Å². The Balaban J connectivity index is 1.33. The summed E-state index contributed by atoms with van der Waals surface area (Å²) in [5.74, 6) is 1.61. The summed E-state index contributed by atoms with van der Waals surface area (Å²) in [6, 6.07) is 25.1. The molecule has 3 aromatic rings. The molecule has 0 saturated carbocycles. The van der Waals surface area contributed by atoms with Gasteiger partial charge in [-0.2, -0.15) is 0 Å². The van der Waals surface area contributed by atoms with Gasteiger partial charge in [-0.25, -0.2) is 0 Å². The first-order valence-electron chi connectivity index (χ1n) is 12.5. The van der Waals surface area contributed by atoms with Crippen molar-refractivity contribution >= 4 is 11.8 Å². The highest BCUT2D eigenvalue weighted by atomic mass is 16.5. The van der Waals surface area contributed by atoms with Gasteiger partial charge in [0.15, 0.2) is 0 Å². The fourth-order valence-electron chi connectivity index (χ4n) is 5.45. The number of aliphatic hydroxyl groups excluding tert-OH is 1. The smallest absolute Gasteiger partial charge is 0.229 e. The van der Waals surface area contributed by atoms with E-state index in [4.69, 9.17) is 9.47 Å². The van der Waals surface area contributed by atoms with E-state index >= 15 is 0 Å². The third-order valence-electron chi connectivity index (χ3n) is 7.27. The molecule has 6 heteroatoms. The van der Waals surface area contributed by atoms with E-state index in [-0.39, 0.29) is 43.7 Å². The Bertz CT molecular complexity index is 1210. The average molecular weight is 486 g/mol. The maximum absolute atomic E-state index is 11.8. The molecular weight excluding hydrogens is 454 g/mol. The maximum Gasteiger partial charge on any atom is 0.229 e. The molecule has 1 N–H and O–H groups in total. The number of carbonyl (C=O) groups is 2. The zero-order valence-corrected chi connectivity index (χ0v) is 20.4. The number of methoxy groups -OCH3 is 1. The number of fused-ring (bicyclic) bond motifs is 1. The largest absolute Gasteiger partial charge is 0.497 e. The van der Waals surface area contributed by atoms with Crippen LogP contribution in [0.1, 0.15) is 53.4 Å². The van der Waals surface area contributed by atoms with Crippen molar-refractivity contribution in [1.29, 1.82) is 0 Å². The van der Waals surface area contributed by atoms with Gasteiger partial charge in [0, 0.05) is 18.8 Å². The highest BCUT2D eigenvalue weighted by molar-refractivity contribution is 6.01. The minimum atomic E-state index is -0.932. The van der Waals surface area contributed by atoms with Gasteiger partial charge in [-0.05, 0) is 65.3 Å². The van der Waals surface area contributed by atoms with Crippen molar-refractivity contribution in [2.75, 3.05) is 20.3 Å². The van der Waals surface area contributed by atoms with E-state index in [9.17, 15) is 14.7 Å². The molecule has 186 valence electrons. The molecule has 3 atom stereocenters. The van der Waals surface area contributed by atoms with Gasteiger partial charge in [0.25, 0.3) is 0 Å². The zero-order valence-electron chi connectivity index (χ0n) is 20.4. The molecule has 1 aliphatic heterocycles. The second kappa shape index (κ2) is 10.5. The Kier molecular flexibility index (Phi) is 7.05. The van der Waals surface area contributed by atoms with E-state index < -0.39 is 6.10 Å². The number of aliphatic hydroxyl groups is 1. The molecule has 0 spiro atoms. The average Bonchev–Trinajstić information content (AvgIpc) is 3.23. The van der Waals surface area contributed by atoms with Crippen LogP contribution in [0.2, 0.25) is 0 Å². The van der Waals surface area contributed by atoms with Gasteiger partial charge in [0.2, 0.25) is 11.8 Å². The Morgan fingerprint density at radius 1 is 0.889 bits per heavy atom. The Morgan fingerprint density at radius 2 is 1.58 bits per heavy atom. The molecule has 0 bridgehead atoms. The van der Waals surface area contributed by atoms with Gasteiger partial charge in [0.05, 0.1) is 13.7 Å². The summed E-state index contributed by atoms with van der Waals surface area (Å²) >= 11 is 0. The predicted octanol–water partition coefficient (Wildman–Crippen LogP) is 4.45. The summed E-state index contributed by atoms with van der Waals surface area (Å²) in [7, 11) is 1.70. The lowest BCUT2D eigenvalue weighted by Gasteiger charge is -2.35. The first-order valence-corrected chi connectivity index (χ1v) is 12.5. The number of carbonyl (C=O) groups excluding carboxylic acids is 2. The molecule has 0 aromatic heterocycles. The van der Waals surface area contributed by atoms with Crippen LogP contribution in [0.5, 0.6) is 11.5 Å². The predicted molar refractivity (Wildman–Crippen MR) is 136 cm³/mol. The SMILES string of the molecule is COc1ccc2c(c1)CC[C@H](c1ccccc1)[C@@H]2c1ccc(OCC(O)CN2C(=O)CCC2=O)cc1. The first-order chi connectivity index (χ1) is 17.5. The number of rotatable bonds is 8. The lowest BCUT2D eigenvalue weighted by molar-refractivity contribution is -0.140. The minimum absolute atomic E-state index is 0.00903. The van der Waals surface area contributed by atoms with Crippen LogP contribution in [0.4, 0.5) is 0 Å². The summed E-state index contributed by atoms with van der Waals surface area (Å²) in [5, 5.41) is 10.3. The van der Waals surface area contributed by atoms with Gasteiger partial charge >= 0.3 is 0 Å². The van der Waals surface area contributed by atoms with E-state index in [1.165, 1.54) is 22.3 Å². The van der Waals surface area contributed by atoms with Gasteiger partial charge in [-0.1, -0.05) is 48.5 Å². The third-order valence-corrected chi connectivity index (χ3v) is 7.27. The van der Waals surface area contributed by atoms with Crippen LogP contribution in [-0.4, -0.2) is 48.2 Å². The normalized spacial score (nSPS) is 20.2. The number of likely N-dealkylation sites (tertiary alicyclic amines) is 1. The number of benzene rings is 3. The first kappa shape index (κ1) is 24.1. The van der Waals surface area contributed by atoms with Crippen LogP contribution in [0, 0.1) is 0 Å². The van der Waals surface area contributed by atoms with Gasteiger partial charge < -0.3 is 14.6 Å². The van der Waals surface area contributed by atoms with Gasteiger partial charge in [0.1, 0.15) is 24.2 Å². The summed E-state index contributed by atoms with van der Waals surface area (Å²) in [6.45, 7) is -0.0219. The quantitative estimate of drug-likeness (QED) is 0.477. The van der Waals surface area contributed by atoms with Crippen LogP contribution in [0.3, 0.4) is 0 Å². The van der Waals surface area contributed by atoms with Crippen LogP contribution in [0.15, 0.2) is 72.8 Å². The van der Waals surface area contributed by atoms with E-state index in [2.05, 4.69) is 54.6 Å². The second-order valence-corrected chi connectivity index (χ2v) is 9.53. The number of nitrogens with zero attached hydrogens (tertiary/aromatic N) is 1. The fourth-order valence-corrected chi connectivity index (χ4v) is 5.45. The number of imide groups is 1. The molecule has 3 aromatic carbocycles. The van der Waals surface area contributed by atoms with Crippen LogP contribution < -0.4 is 9.47 Å². The number of β-amino-alcohol motifs (C(OH)–C–C–N with tert-alkyl or cyclic N) is 1. The molecule has 1 heterocycles. The second-order valence-electron chi connectivity index (χ2n) is 9.53.